The summed E-state index contributed by atoms with van der Waals surface area (Å²) in [6.07, 6.45) is 1.86. The maximum absolute atomic E-state index is 13.0. The van der Waals surface area contributed by atoms with Crippen molar-refractivity contribution in [2.75, 3.05) is 7.05 Å². The van der Waals surface area contributed by atoms with Gasteiger partial charge >= 0.3 is 5.97 Å². The molecule has 1 saturated heterocycles. The maximum atomic E-state index is 13.0. The number of hydrogen-bond acceptors (Lipinski definition) is 4. The number of carbonyl (C=O) groups excluding carboxylic acids is 1. The standard InChI is InChI=1S/C20H22ClN3O3/c1-20(19(26)27)11-15(18(25)23-12-13-7-5-6-10-22-13)17(24(20)2)14-8-3-4-9-16(14)21/h3-10,15,17H,11-12H2,1-2H3,(H,23,25)(H,26,27)/t15-,17-,20-/m1/s1. The van der Waals surface area contributed by atoms with E-state index in [-0.39, 0.29) is 12.3 Å². The van der Waals surface area contributed by atoms with Gasteiger partial charge in [0.05, 0.1) is 18.2 Å². The van der Waals surface area contributed by atoms with Gasteiger partial charge in [0, 0.05) is 17.3 Å². The van der Waals surface area contributed by atoms with Gasteiger partial charge in [-0.3, -0.25) is 19.5 Å². The fourth-order valence-corrected chi connectivity index (χ4v) is 3.93. The third-order valence-electron chi connectivity index (χ3n) is 5.39. The molecule has 3 rings (SSSR count). The van der Waals surface area contributed by atoms with Gasteiger partial charge < -0.3 is 10.4 Å². The summed E-state index contributed by atoms with van der Waals surface area (Å²) in [6.45, 7) is 1.93. The molecule has 1 aliphatic rings. The molecule has 7 heteroatoms. The van der Waals surface area contributed by atoms with E-state index in [0.29, 0.717) is 11.6 Å². The van der Waals surface area contributed by atoms with E-state index in [1.54, 1.807) is 31.1 Å². The Bertz CT molecular complexity index is 845. The zero-order chi connectivity index (χ0) is 19.6. The van der Waals surface area contributed by atoms with Gasteiger partial charge in [0.25, 0.3) is 0 Å². The number of nitrogens with one attached hydrogen (secondary N) is 1. The van der Waals surface area contributed by atoms with Gasteiger partial charge in [0.2, 0.25) is 5.91 Å². The number of aromatic nitrogens is 1. The van der Waals surface area contributed by atoms with Crippen LogP contribution < -0.4 is 5.32 Å². The van der Waals surface area contributed by atoms with Crippen molar-refractivity contribution < 1.29 is 14.7 Å². The Kier molecular flexibility index (Phi) is 5.48. The lowest BCUT2D eigenvalue weighted by Gasteiger charge is -2.32. The van der Waals surface area contributed by atoms with Crippen LogP contribution in [-0.4, -0.2) is 39.5 Å². The molecule has 0 radical (unpaired) electrons. The Balaban J connectivity index is 1.89. The summed E-state index contributed by atoms with van der Waals surface area (Å²) < 4.78 is 0. The van der Waals surface area contributed by atoms with Gasteiger partial charge in [-0.25, -0.2) is 0 Å². The van der Waals surface area contributed by atoms with E-state index < -0.39 is 23.5 Å². The minimum atomic E-state index is -1.16. The summed E-state index contributed by atoms with van der Waals surface area (Å²) in [6, 6.07) is 12.3. The Morgan fingerprint density at radius 2 is 2.00 bits per heavy atom. The van der Waals surface area contributed by atoms with Gasteiger partial charge in [-0.2, -0.15) is 0 Å². The highest BCUT2D eigenvalue weighted by atomic mass is 35.5. The zero-order valence-electron chi connectivity index (χ0n) is 15.2. The smallest absolute Gasteiger partial charge is 0.323 e. The number of halogens is 1. The molecule has 3 atom stereocenters. The predicted molar refractivity (Wildman–Crippen MR) is 102 cm³/mol. The lowest BCUT2D eigenvalue weighted by Crippen LogP contribution is -2.46. The van der Waals surface area contributed by atoms with Crippen molar-refractivity contribution in [1.82, 2.24) is 15.2 Å². The van der Waals surface area contributed by atoms with Crippen LogP contribution in [0.3, 0.4) is 0 Å². The quantitative estimate of drug-likeness (QED) is 0.824. The van der Waals surface area contributed by atoms with Gasteiger partial charge in [-0.05, 0) is 44.2 Å². The first-order valence-electron chi connectivity index (χ1n) is 8.73. The first kappa shape index (κ1) is 19.3. The fourth-order valence-electron chi connectivity index (χ4n) is 3.69. The van der Waals surface area contributed by atoms with Crippen molar-refractivity contribution in [3.05, 3.63) is 64.9 Å². The number of carbonyl (C=O) groups is 2. The van der Waals surface area contributed by atoms with E-state index in [2.05, 4.69) is 10.3 Å². The second-order valence-corrected chi connectivity index (χ2v) is 7.41. The molecule has 1 aromatic heterocycles. The van der Waals surface area contributed by atoms with Crippen molar-refractivity contribution in [2.24, 2.45) is 5.92 Å². The van der Waals surface area contributed by atoms with E-state index >= 15 is 0 Å². The van der Waals surface area contributed by atoms with Crippen molar-refractivity contribution in [3.63, 3.8) is 0 Å². The number of likely N-dealkylation sites (tertiary alicyclic amines) is 1. The number of carboxylic acid groups (broad SMARTS) is 1. The molecule has 0 bridgehead atoms. The van der Waals surface area contributed by atoms with Crippen LogP contribution >= 0.6 is 11.6 Å². The Morgan fingerprint density at radius 1 is 1.30 bits per heavy atom. The van der Waals surface area contributed by atoms with Crippen LogP contribution in [0.2, 0.25) is 5.02 Å². The van der Waals surface area contributed by atoms with Crippen molar-refractivity contribution in [3.8, 4) is 0 Å². The molecule has 1 aromatic carbocycles. The SMILES string of the molecule is CN1[C@H](c2ccccc2Cl)[C@H](C(=O)NCc2ccccn2)C[C@]1(C)C(=O)O. The average Bonchev–Trinajstić information content (AvgIpc) is 2.94. The number of amides is 1. The molecule has 27 heavy (non-hydrogen) atoms. The number of aliphatic carboxylic acids is 1. The lowest BCUT2D eigenvalue weighted by molar-refractivity contribution is -0.148. The van der Waals surface area contributed by atoms with E-state index in [9.17, 15) is 14.7 Å². The summed E-state index contributed by atoms with van der Waals surface area (Å²) in [5.41, 5.74) is 0.341. The first-order valence-corrected chi connectivity index (χ1v) is 9.11. The van der Waals surface area contributed by atoms with Crippen LogP contribution in [0.4, 0.5) is 0 Å². The molecular formula is C20H22ClN3O3. The highest BCUT2D eigenvalue weighted by molar-refractivity contribution is 6.31. The number of carboxylic acids is 1. The minimum absolute atomic E-state index is 0.197. The molecule has 2 aromatic rings. The molecule has 2 heterocycles. The molecule has 0 saturated carbocycles. The first-order chi connectivity index (χ1) is 12.8. The van der Waals surface area contributed by atoms with Gasteiger partial charge in [0.15, 0.2) is 0 Å². The maximum Gasteiger partial charge on any atom is 0.323 e. The molecule has 6 nitrogen and oxygen atoms in total. The number of pyridine rings is 1. The number of likely N-dealkylation sites (N-methyl/N-ethyl adjacent to an activating group) is 1. The molecule has 0 unspecified atom stereocenters. The fraction of sp³-hybridized carbons (Fsp3) is 0.350. The van der Waals surface area contributed by atoms with Crippen LogP contribution in [0.25, 0.3) is 0 Å². The third kappa shape index (κ3) is 3.68. The van der Waals surface area contributed by atoms with Crippen LogP contribution in [0.5, 0.6) is 0 Å². The lowest BCUT2D eigenvalue weighted by atomic mass is 9.89. The summed E-state index contributed by atoms with van der Waals surface area (Å²) in [4.78, 5) is 30.8. The average molecular weight is 388 g/mol. The van der Waals surface area contributed by atoms with Crippen LogP contribution in [-0.2, 0) is 16.1 Å². The Morgan fingerprint density at radius 3 is 2.63 bits per heavy atom. The van der Waals surface area contributed by atoms with Crippen molar-refractivity contribution >= 4 is 23.5 Å². The number of benzene rings is 1. The normalized spacial score (nSPS) is 25.3. The Hall–Kier alpha value is -2.44. The monoisotopic (exact) mass is 387 g/mol. The molecule has 1 amide bonds. The molecule has 2 N–H and O–H groups in total. The summed E-state index contributed by atoms with van der Waals surface area (Å²) in [5.74, 6) is -1.70. The van der Waals surface area contributed by atoms with Gasteiger partial charge in [-0.15, -0.1) is 0 Å². The summed E-state index contributed by atoms with van der Waals surface area (Å²) in [7, 11) is 1.73. The van der Waals surface area contributed by atoms with E-state index in [4.69, 9.17) is 11.6 Å². The third-order valence-corrected chi connectivity index (χ3v) is 5.73. The molecule has 0 aliphatic carbocycles. The molecule has 1 fully saturated rings. The van der Waals surface area contributed by atoms with Crippen LogP contribution in [0.1, 0.15) is 30.6 Å². The van der Waals surface area contributed by atoms with E-state index in [0.717, 1.165) is 11.3 Å². The second kappa shape index (κ2) is 7.66. The van der Waals surface area contributed by atoms with Crippen LogP contribution in [0, 0.1) is 5.92 Å². The molecule has 142 valence electrons. The van der Waals surface area contributed by atoms with Crippen molar-refractivity contribution in [1.29, 1.82) is 0 Å². The van der Waals surface area contributed by atoms with Gasteiger partial charge in [-0.1, -0.05) is 35.9 Å². The largest absolute Gasteiger partial charge is 0.480 e. The Labute approximate surface area is 163 Å². The molecule has 0 spiro atoms. The topological polar surface area (TPSA) is 82.5 Å². The molecular weight excluding hydrogens is 366 g/mol. The number of rotatable bonds is 5. The molecule has 1 aliphatic heterocycles. The highest BCUT2D eigenvalue weighted by Crippen LogP contribution is 2.47. The van der Waals surface area contributed by atoms with Crippen LogP contribution in [0.15, 0.2) is 48.7 Å². The zero-order valence-corrected chi connectivity index (χ0v) is 16.0. The summed E-state index contributed by atoms with van der Waals surface area (Å²) in [5, 5.41) is 13.2. The number of hydrogen-bond donors (Lipinski definition) is 2. The minimum Gasteiger partial charge on any atom is -0.480 e. The van der Waals surface area contributed by atoms with E-state index in [1.807, 2.05) is 36.4 Å². The van der Waals surface area contributed by atoms with Crippen molar-refractivity contribution in [2.45, 2.75) is 31.5 Å². The highest BCUT2D eigenvalue weighted by Gasteiger charge is 2.54. The summed E-state index contributed by atoms with van der Waals surface area (Å²) >= 11 is 6.37. The number of nitrogens with zero attached hydrogens (tertiary/aromatic N) is 2. The predicted octanol–water partition coefficient (Wildman–Crippen LogP) is 2.89. The second-order valence-electron chi connectivity index (χ2n) is 7.01. The van der Waals surface area contributed by atoms with Gasteiger partial charge in [0.1, 0.15) is 5.54 Å². The van der Waals surface area contributed by atoms with E-state index in [1.165, 1.54) is 0 Å².